The lowest BCUT2D eigenvalue weighted by Gasteiger charge is -2.13. The average Bonchev–Trinajstić information content (AvgIpc) is 2.73. The minimum Gasteiger partial charge on any atom is -0.362 e. The summed E-state index contributed by atoms with van der Waals surface area (Å²) < 4.78 is 0. The van der Waals surface area contributed by atoms with Crippen molar-refractivity contribution in [1.82, 2.24) is 15.2 Å². The highest BCUT2D eigenvalue weighted by Crippen LogP contribution is 2.19. The second-order valence-corrected chi connectivity index (χ2v) is 5.02. The highest BCUT2D eigenvalue weighted by atomic mass is 32.1. The van der Waals surface area contributed by atoms with E-state index >= 15 is 0 Å². The molecule has 1 amide bonds. The first-order valence-electron chi connectivity index (χ1n) is 5.73. The number of aromatic nitrogens is 1. The summed E-state index contributed by atoms with van der Waals surface area (Å²) in [4.78, 5) is 18.6. The molecule has 6 heteroatoms. The zero-order valence-corrected chi connectivity index (χ0v) is 11.4. The van der Waals surface area contributed by atoms with Gasteiger partial charge in [0, 0.05) is 31.2 Å². The van der Waals surface area contributed by atoms with Crippen molar-refractivity contribution in [2.75, 3.05) is 32.5 Å². The van der Waals surface area contributed by atoms with Gasteiger partial charge in [0.25, 0.3) is 0 Å². The molecule has 1 aromatic heterocycles. The van der Waals surface area contributed by atoms with Crippen molar-refractivity contribution < 1.29 is 4.79 Å². The van der Waals surface area contributed by atoms with E-state index in [1.165, 1.54) is 0 Å². The normalized spacial score (nSPS) is 10.6. The highest BCUT2D eigenvalue weighted by molar-refractivity contribution is 7.15. The summed E-state index contributed by atoms with van der Waals surface area (Å²) in [5.74, 6) is 0.0290. The SMILES string of the molecule is CCCNc1ncc(CN(C)CC(=O)NC)s1. The Morgan fingerprint density at radius 1 is 1.59 bits per heavy atom. The van der Waals surface area contributed by atoms with Crippen LogP contribution in [0.3, 0.4) is 0 Å². The summed E-state index contributed by atoms with van der Waals surface area (Å²) in [6.07, 6.45) is 2.95. The molecule has 1 aromatic rings. The fourth-order valence-electron chi connectivity index (χ4n) is 1.34. The molecule has 5 nitrogen and oxygen atoms in total. The first-order chi connectivity index (χ1) is 8.15. The van der Waals surface area contributed by atoms with Gasteiger partial charge in [-0.1, -0.05) is 6.92 Å². The van der Waals surface area contributed by atoms with E-state index in [-0.39, 0.29) is 5.91 Å². The number of thiazole rings is 1. The predicted octanol–water partition coefficient (Wildman–Crippen LogP) is 1.14. The minimum atomic E-state index is 0.0290. The van der Waals surface area contributed by atoms with E-state index in [0.29, 0.717) is 6.54 Å². The van der Waals surface area contributed by atoms with Gasteiger partial charge in [-0.05, 0) is 13.5 Å². The number of likely N-dealkylation sites (N-methyl/N-ethyl adjacent to an activating group) is 2. The molecule has 2 N–H and O–H groups in total. The van der Waals surface area contributed by atoms with Crippen LogP contribution in [0.1, 0.15) is 18.2 Å². The summed E-state index contributed by atoms with van der Waals surface area (Å²) in [6.45, 7) is 4.23. The van der Waals surface area contributed by atoms with E-state index in [4.69, 9.17) is 0 Å². The molecule has 17 heavy (non-hydrogen) atoms. The van der Waals surface area contributed by atoms with Gasteiger partial charge in [-0.25, -0.2) is 4.98 Å². The Hall–Kier alpha value is -1.14. The van der Waals surface area contributed by atoms with Crippen LogP contribution >= 0.6 is 11.3 Å². The molecule has 1 rings (SSSR count). The molecule has 0 radical (unpaired) electrons. The molecule has 96 valence electrons. The third kappa shape index (κ3) is 5.14. The number of hydrogen-bond donors (Lipinski definition) is 2. The van der Waals surface area contributed by atoms with Gasteiger partial charge in [-0.3, -0.25) is 9.69 Å². The van der Waals surface area contributed by atoms with Crippen LogP contribution in [-0.2, 0) is 11.3 Å². The summed E-state index contributed by atoms with van der Waals surface area (Å²) in [5, 5.41) is 6.81. The Morgan fingerprint density at radius 2 is 2.35 bits per heavy atom. The number of nitrogens with zero attached hydrogens (tertiary/aromatic N) is 2. The van der Waals surface area contributed by atoms with Gasteiger partial charge < -0.3 is 10.6 Å². The number of carbonyl (C=O) groups is 1. The van der Waals surface area contributed by atoms with Crippen molar-refractivity contribution in [3.63, 3.8) is 0 Å². The average molecular weight is 256 g/mol. The third-order valence-corrected chi connectivity index (χ3v) is 3.14. The Labute approximate surface area is 106 Å². The first-order valence-corrected chi connectivity index (χ1v) is 6.55. The fourth-order valence-corrected chi connectivity index (χ4v) is 2.26. The quantitative estimate of drug-likeness (QED) is 0.768. The lowest BCUT2D eigenvalue weighted by atomic mass is 10.4. The molecular weight excluding hydrogens is 236 g/mol. The number of amides is 1. The molecule has 0 aliphatic rings. The van der Waals surface area contributed by atoms with Crippen LogP contribution in [0, 0.1) is 0 Å². The Morgan fingerprint density at radius 3 is 3.00 bits per heavy atom. The van der Waals surface area contributed by atoms with E-state index in [9.17, 15) is 4.79 Å². The summed E-state index contributed by atoms with van der Waals surface area (Å²) >= 11 is 1.64. The molecule has 0 bridgehead atoms. The molecule has 0 spiro atoms. The van der Waals surface area contributed by atoms with Crippen LogP contribution < -0.4 is 10.6 Å². The van der Waals surface area contributed by atoms with Gasteiger partial charge in [0.2, 0.25) is 5.91 Å². The summed E-state index contributed by atoms with van der Waals surface area (Å²) in [6, 6.07) is 0. The standard InChI is InChI=1S/C11H20N4OS/c1-4-5-13-11-14-6-9(17-11)7-15(3)8-10(16)12-2/h6H,4-5,7-8H2,1-3H3,(H,12,16)(H,13,14). The van der Waals surface area contributed by atoms with E-state index < -0.39 is 0 Å². The second-order valence-electron chi connectivity index (χ2n) is 3.90. The number of hydrogen-bond acceptors (Lipinski definition) is 5. The number of rotatable bonds is 7. The van der Waals surface area contributed by atoms with Crippen molar-refractivity contribution in [2.24, 2.45) is 0 Å². The molecule has 0 saturated heterocycles. The van der Waals surface area contributed by atoms with Crippen molar-refractivity contribution in [1.29, 1.82) is 0 Å². The van der Waals surface area contributed by atoms with Crippen LogP contribution in [-0.4, -0.2) is 43.0 Å². The molecule has 0 unspecified atom stereocenters. The molecule has 0 fully saturated rings. The molecule has 0 aromatic carbocycles. The maximum atomic E-state index is 11.2. The lowest BCUT2D eigenvalue weighted by Crippen LogP contribution is -2.32. The zero-order valence-electron chi connectivity index (χ0n) is 10.6. The Balaban J connectivity index is 2.40. The Kier molecular flexibility index (Phi) is 5.93. The maximum absolute atomic E-state index is 11.2. The van der Waals surface area contributed by atoms with Crippen molar-refractivity contribution in [3.05, 3.63) is 11.1 Å². The van der Waals surface area contributed by atoms with Crippen molar-refractivity contribution >= 4 is 22.4 Å². The maximum Gasteiger partial charge on any atom is 0.233 e. The van der Waals surface area contributed by atoms with Crippen LogP contribution in [0.2, 0.25) is 0 Å². The summed E-state index contributed by atoms with van der Waals surface area (Å²) in [7, 11) is 3.57. The van der Waals surface area contributed by atoms with Gasteiger partial charge in [-0.15, -0.1) is 11.3 Å². The van der Waals surface area contributed by atoms with Crippen molar-refractivity contribution in [3.8, 4) is 0 Å². The fraction of sp³-hybridized carbons (Fsp3) is 0.636. The van der Waals surface area contributed by atoms with Gasteiger partial charge >= 0.3 is 0 Å². The zero-order chi connectivity index (χ0) is 12.7. The largest absolute Gasteiger partial charge is 0.362 e. The summed E-state index contributed by atoms with van der Waals surface area (Å²) in [5.41, 5.74) is 0. The smallest absolute Gasteiger partial charge is 0.233 e. The molecular formula is C11H20N4OS. The Bertz CT molecular complexity index is 353. The monoisotopic (exact) mass is 256 g/mol. The second kappa shape index (κ2) is 7.24. The van der Waals surface area contributed by atoms with Gasteiger partial charge in [0.15, 0.2) is 5.13 Å². The molecule has 0 atom stereocenters. The van der Waals surface area contributed by atoms with Gasteiger partial charge in [-0.2, -0.15) is 0 Å². The highest BCUT2D eigenvalue weighted by Gasteiger charge is 2.07. The third-order valence-electron chi connectivity index (χ3n) is 2.20. The molecule has 0 saturated carbocycles. The predicted molar refractivity (Wildman–Crippen MR) is 71.3 cm³/mol. The lowest BCUT2D eigenvalue weighted by molar-refractivity contribution is -0.121. The first kappa shape index (κ1) is 13.9. The van der Waals surface area contributed by atoms with Gasteiger partial charge in [0.1, 0.15) is 0 Å². The van der Waals surface area contributed by atoms with Crippen LogP contribution in [0.4, 0.5) is 5.13 Å². The van der Waals surface area contributed by atoms with Gasteiger partial charge in [0.05, 0.1) is 6.54 Å². The molecule has 0 aliphatic carbocycles. The van der Waals surface area contributed by atoms with Crippen LogP contribution in [0.25, 0.3) is 0 Å². The minimum absolute atomic E-state index is 0.0290. The number of anilines is 1. The molecule has 0 aliphatic heterocycles. The molecule has 1 heterocycles. The number of carbonyl (C=O) groups excluding carboxylic acids is 1. The van der Waals surface area contributed by atoms with E-state index in [1.807, 2.05) is 18.1 Å². The van der Waals surface area contributed by atoms with E-state index in [0.717, 1.165) is 29.5 Å². The van der Waals surface area contributed by atoms with Crippen molar-refractivity contribution in [2.45, 2.75) is 19.9 Å². The van der Waals surface area contributed by atoms with E-state index in [1.54, 1.807) is 18.4 Å². The van der Waals surface area contributed by atoms with Crippen LogP contribution in [0.5, 0.6) is 0 Å². The van der Waals surface area contributed by atoms with E-state index in [2.05, 4.69) is 22.5 Å². The topological polar surface area (TPSA) is 57.3 Å². The number of nitrogens with one attached hydrogen (secondary N) is 2. The van der Waals surface area contributed by atoms with Crippen LogP contribution in [0.15, 0.2) is 6.20 Å².